The maximum atomic E-state index is 5.36. The molecule has 0 radical (unpaired) electrons. The Balaban J connectivity index is 2.71. The first-order valence-corrected chi connectivity index (χ1v) is 5.07. The van der Waals surface area contributed by atoms with Gasteiger partial charge in [0.15, 0.2) is 0 Å². The molecule has 70 valence electrons. The van der Waals surface area contributed by atoms with E-state index in [1.165, 1.54) is 11.1 Å². The SMILES string of the molecule is C=C(C)CC(=S)C1=CCCC=C1C. The van der Waals surface area contributed by atoms with Crippen molar-refractivity contribution in [1.29, 1.82) is 0 Å². The first kappa shape index (κ1) is 10.4. The summed E-state index contributed by atoms with van der Waals surface area (Å²) < 4.78 is 0. The summed E-state index contributed by atoms with van der Waals surface area (Å²) in [5, 5.41) is 0. The Kier molecular flexibility index (Phi) is 3.61. The lowest BCUT2D eigenvalue weighted by atomic mass is 9.94. The number of allylic oxidation sites excluding steroid dienone is 5. The van der Waals surface area contributed by atoms with Crippen molar-refractivity contribution >= 4 is 17.1 Å². The monoisotopic (exact) mass is 192 g/mol. The zero-order valence-corrected chi connectivity index (χ0v) is 9.21. The molecule has 0 saturated heterocycles. The lowest BCUT2D eigenvalue weighted by molar-refractivity contribution is 1.00. The number of hydrogen-bond acceptors (Lipinski definition) is 1. The fraction of sp³-hybridized carbons (Fsp3) is 0.417. The molecule has 0 spiro atoms. The van der Waals surface area contributed by atoms with Crippen LogP contribution in [0, 0.1) is 0 Å². The smallest absolute Gasteiger partial charge is 0.0264 e. The van der Waals surface area contributed by atoms with Crippen LogP contribution in [0.4, 0.5) is 0 Å². The van der Waals surface area contributed by atoms with E-state index in [1.54, 1.807) is 0 Å². The predicted octanol–water partition coefficient (Wildman–Crippen LogP) is 3.99. The fourth-order valence-electron chi connectivity index (χ4n) is 1.50. The Bertz CT molecular complexity index is 292. The van der Waals surface area contributed by atoms with E-state index in [2.05, 4.69) is 25.7 Å². The molecule has 0 aromatic carbocycles. The van der Waals surface area contributed by atoms with Gasteiger partial charge in [0.1, 0.15) is 0 Å². The topological polar surface area (TPSA) is 0 Å². The summed E-state index contributed by atoms with van der Waals surface area (Å²) in [6, 6.07) is 0. The third kappa shape index (κ3) is 2.92. The molecule has 0 atom stereocenters. The molecule has 0 heterocycles. The lowest BCUT2D eigenvalue weighted by Crippen LogP contribution is -2.04. The van der Waals surface area contributed by atoms with Gasteiger partial charge in [0.25, 0.3) is 0 Å². The van der Waals surface area contributed by atoms with Crippen LogP contribution in [0.3, 0.4) is 0 Å². The maximum Gasteiger partial charge on any atom is 0.0264 e. The summed E-state index contributed by atoms with van der Waals surface area (Å²) >= 11 is 5.36. The zero-order valence-electron chi connectivity index (χ0n) is 8.39. The van der Waals surface area contributed by atoms with E-state index in [4.69, 9.17) is 12.2 Å². The zero-order chi connectivity index (χ0) is 9.84. The molecule has 0 N–H and O–H groups in total. The molecular formula is C12H16S. The molecule has 1 aliphatic carbocycles. The highest BCUT2D eigenvalue weighted by Crippen LogP contribution is 2.22. The average Bonchev–Trinajstić information content (AvgIpc) is 2.03. The fourth-order valence-corrected chi connectivity index (χ4v) is 1.99. The molecule has 0 nitrogen and oxygen atoms in total. The van der Waals surface area contributed by atoms with Crippen LogP contribution in [0.5, 0.6) is 0 Å². The van der Waals surface area contributed by atoms with Gasteiger partial charge in [0.05, 0.1) is 0 Å². The predicted molar refractivity (Wildman–Crippen MR) is 63.1 cm³/mol. The minimum Gasteiger partial charge on any atom is -0.0998 e. The molecule has 0 unspecified atom stereocenters. The van der Waals surface area contributed by atoms with Crippen molar-refractivity contribution in [3.63, 3.8) is 0 Å². The first-order chi connectivity index (χ1) is 6.11. The van der Waals surface area contributed by atoms with Crippen LogP contribution in [0.25, 0.3) is 0 Å². The highest BCUT2D eigenvalue weighted by atomic mass is 32.1. The number of rotatable bonds is 3. The van der Waals surface area contributed by atoms with Crippen LogP contribution in [-0.4, -0.2) is 4.86 Å². The summed E-state index contributed by atoms with van der Waals surface area (Å²) in [7, 11) is 0. The van der Waals surface area contributed by atoms with Gasteiger partial charge in [-0.1, -0.05) is 36.5 Å². The van der Waals surface area contributed by atoms with Crippen molar-refractivity contribution in [2.45, 2.75) is 33.1 Å². The molecule has 13 heavy (non-hydrogen) atoms. The molecule has 1 rings (SSSR count). The molecule has 0 fully saturated rings. The summed E-state index contributed by atoms with van der Waals surface area (Å²) in [4.78, 5) is 1.04. The van der Waals surface area contributed by atoms with Crippen molar-refractivity contribution in [3.05, 3.63) is 35.5 Å². The van der Waals surface area contributed by atoms with Crippen LogP contribution in [0.15, 0.2) is 35.5 Å². The van der Waals surface area contributed by atoms with Crippen molar-refractivity contribution in [3.8, 4) is 0 Å². The summed E-state index contributed by atoms with van der Waals surface area (Å²) in [5.74, 6) is 0. The van der Waals surface area contributed by atoms with E-state index < -0.39 is 0 Å². The van der Waals surface area contributed by atoms with Crippen LogP contribution in [0.1, 0.15) is 33.1 Å². The van der Waals surface area contributed by atoms with E-state index >= 15 is 0 Å². The van der Waals surface area contributed by atoms with Crippen molar-refractivity contribution in [2.24, 2.45) is 0 Å². The number of hydrogen-bond donors (Lipinski definition) is 0. The van der Waals surface area contributed by atoms with Gasteiger partial charge in [0.2, 0.25) is 0 Å². The second kappa shape index (κ2) is 4.52. The Morgan fingerprint density at radius 3 is 2.62 bits per heavy atom. The second-order valence-corrected chi connectivity index (χ2v) is 4.13. The van der Waals surface area contributed by atoms with Crippen molar-refractivity contribution in [1.82, 2.24) is 0 Å². The molecule has 1 heteroatoms. The van der Waals surface area contributed by atoms with Crippen LogP contribution >= 0.6 is 12.2 Å². The lowest BCUT2D eigenvalue weighted by Gasteiger charge is -2.13. The molecule has 0 aliphatic heterocycles. The summed E-state index contributed by atoms with van der Waals surface area (Å²) in [6.07, 6.45) is 7.65. The normalized spacial score (nSPS) is 16.2. The highest BCUT2D eigenvalue weighted by Gasteiger charge is 2.09. The Hall–Kier alpha value is -0.690. The van der Waals surface area contributed by atoms with E-state index in [9.17, 15) is 0 Å². The Morgan fingerprint density at radius 1 is 1.46 bits per heavy atom. The molecule has 0 amide bonds. The van der Waals surface area contributed by atoms with Gasteiger partial charge in [-0.2, -0.15) is 0 Å². The minimum absolute atomic E-state index is 0.854. The molecule has 0 bridgehead atoms. The van der Waals surface area contributed by atoms with Gasteiger partial charge >= 0.3 is 0 Å². The second-order valence-electron chi connectivity index (χ2n) is 3.64. The van der Waals surface area contributed by atoms with E-state index in [-0.39, 0.29) is 0 Å². The standard InChI is InChI=1S/C12H16S/c1-9(2)8-12(13)11-7-5-4-6-10(11)3/h6-7H,1,4-5,8H2,2-3H3. The van der Waals surface area contributed by atoms with Gasteiger partial charge in [-0.15, -0.1) is 0 Å². The Morgan fingerprint density at radius 2 is 2.08 bits per heavy atom. The first-order valence-electron chi connectivity index (χ1n) is 4.66. The van der Waals surface area contributed by atoms with Crippen molar-refractivity contribution < 1.29 is 0 Å². The van der Waals surface area contributed by atoms with Crippen LogP contribution in [0.2, 0.25) is 0 Å². The number of thiocarbonyl (C=S) groups is 1. The molecular weight excluding hydrogens is 176 g/mol. The largest absolute Gasteiger partial charge is 0.0998 e. The molecule has 0 aromatic heterocycles. The van der Waals surface area contributed by atoms with E-state index in [1.807, 2.05) is 6.92 Å². The molecule has 0 saturated carbocycles. The van der Waals surface area contributed by atoms with E-state index in [0.717, 1.165) is 29.7 Å². The minimum atomic E-state index is 0.854. The highest BCUT2D eigenvalue weighted by molar-refractivity contribution is 7.80. The van der Waals surface area contributed by atoms with Gasteiger partial charge in [0, 0.05) is 11.3 Å². The average molecular weight is 192 g/mol. The van der Waals surface area contributed by atoms with Crippen LogP contribution in [-0.2, 0) is 0 Å². The van der Waals surface area contributed by atoms with Gasteiger partial charge in [-0.25, -0.2) is 0 Å². The van der Waals surface area contributed by atoms with Gasteiger partial charge < -0.3 is 0 Å². The van der Waals surface area contributed by atoms with E-state index in [0.29, 0.717) is 0 Å². The third-order valence-electron chi connectivity index (χ3n) is 2.15. The van der Waals surface area contributed by atoms with Crippen LogP contribution < -0.4 is 0 Å². The third-order valence-corrected chi connectivity index (χ3v) is 2.52. The summed E-state index contributed by atoms with van der Waals surface area (Å²) in [6.45, 7) is 8.04. The maximum absolute atomic E-state index is 5.36. The van der Waals surface area contributed by atoms with Crippen molar-refractivity contribution in [2.75, 3.05) is 0 Å². The molecule has 1 aliphatic rings. The summed E-state index contributed by atoms with van der Waals surface area (Å²) in [5.41, 5.74) is 3.74. The Labute approximate surface area is 86.0 Å². The van der Waals surface area contributed by atoms with Gasteiger partial charge in [-0.05, 0) is 37.8 Å². The van der Waals surface area contributed by atoms with Gasteiger partial charge in [-0.3, -0.25) is 0 Å². The quantitative estimate of drug-likeness (QED) is 0.481. The molecule has 0 aromatic rings.